The Morgan fingerprint density at radius 1 is 1.29 bits per heavy atom. The second kappa shape index (κ2) is 7.58. The molecule has 0 fully saturated rings. The number of benzene rings is 1. The van der Waals surface area contributed by atoms with Crippen molar-refractivity contribution in [1.82, 2.24) is 9.88 Å². The van der Waals surface area contributed by atoms with Crippen molar-refractivity contribution in [1.29, 1.82) is 5.26 Å². The highest BCUT2D eigenvalue weighted by Gasteiger charge is 2.04. The molecule has 0 unspecified atom stereocenters. The second-order valence-corrected chi connectivity index (χ2v) is 5.03. The summed E-state index contributed by atoms with van der Waals surface area (Å²) in [5, 5.41) is 13.3. The molecule has 0 atom stereocenters. The molecule has 0 saturated heterocycles. The van der Waals surface area contributed by atoms with Gasteiger partial charge in [-0.3, -0.25) is 0 Å². The van der Waals surface area contributed by atoms with Gasteiger partial charge in [-0.2, -0.15) is 5.26 Å². The van der Waals surface area contributed by atoms with Gasteiger partial charge < -0.3 is 15.0 Å². The Morgan fingerprint density at radius 3 is 2.86 bits per heavy atom. The van der Waals surface area contributed by atoms with Gasteiger partial charge in [-0.05, 0) is 26.2 Å². The molecule has 1 N–H and O–H groups in total. The van der Waals surface area contributed by atoms with Gasteiger partial charge in [0.15, 0.2) is 0 Å². The number of likely N-dealkylation sites (N-methyl/N-ethyl adjacent to an activating group) is 1. The third-order valence-electron chi connectivity index (χ3n) is 3.07. The monoisotopic (exact) mass is 284 g/mol. The molecule has 0 aliphatic heterocycles. The van der Waals surface area contributed by atoms with E-state index in [1.54, 1.807) is 6.07 Å². The number of anilines is 1. The number of nitrogens with one attached hydrogen (secondary N) is 1. The summed E-state index contributed by atoms with van der Waals surface area (Å²) in [7, 11) is 4.04. The topological polar surface area (TPSA) is 61.2 Å². The Labute approximate surface area is 125 Å². The lowest BCUT2D eigenvalue weighted by molar-refractivity contribution is 0.126. The number of hydrogen-bond acceptors (Lipinski definition) is 5. The molecule has 1 aromatic carbocycles. The molecule has 0 radical (unpaired) electrons. The van der Waals surface area contributed by atoms with Crippen LogP contribution < -0.4 is 5.32 Å². The van der Waals surface area contributed by atoms with Gasteiger partial charge in [0.05, 0.1) is 30.4 Å². The highest BCUT2D eigenvalue weighted by molar-refractivity contribution is 5.86. The molecule has 2 aromatic rings. The smallest absolute Gasteiger partial charge is 0.128 e. The number of aromatic nitrogens is 1. The zero-order valence-corrected chi connectivity index (χ0v) is 12.5. The number of para-hydroxylation sites is 1. The first-order valence-corrected chi connectivity index (χ1v) is 6.97. The van der Waals surface area contributed by atoms with Gasteiger partial charge in [-0.15, -0.1) is 0 Å². The van der Waals surface area contributed by atoms with Crippen molar-refractivity contribution >= 4 is 16.7 Å². The van der Waals surface area contributed by atoms with Crippen LogP contribution in [-0.4, -0.2) is 50.3 Å². The predicted molar refractivity (Wildman–Crippen MR) is 84.3 cm³/mol. The lowest BCUT2D eigenvalue weighted by Gasteiger charge is -2.11. The molecule has 1 heterocycles. The van der Waals surface area contributed by atoms with Crippen LogP contribution in [0.2, 0.25) is 0 Å². The summed E-state index contributed by atoms with van der Waals surface area (Å²) >= 11 is 0. The molecule has 21 heavy (non-hydrogen) atoms. The van der Waals surface area contributed by atoms with E-state index >= 15 is 0 Å². The van der Waals surface area contributed by atoms with Gasteiger partial charge >= 0.3 is 0 Å². The highest BCUT2D eigenvalue weighted by Crippen LogP contribution is 2.19. The SMILES string of the molecule is CN(C)CCOCCNc1cc(C#N)c2ccccc2n1. The van der Waals surface area contributed by atoms with Crippen LogP contribution in [0.4, 0.5) is 5.82 Å². The van der Waals surface area contributed by atoms with Gasteiger partial charge in [0.2, 0.25) is 0 Å². The third kappa shape index (κ3) is 4.42. The van der Waals surface area contributed by atoms with E-state index in [2.05, 4.69) is 21.3 Å². The number of fused-ring (bicyclic) bond motifs is 1. The molecular formula is C16H20N4O. The minimum Gasteiger partial charge on any atom is -0.378 e. The standard InChI is InChI=1S/C16H20N4O/c1-20(2)8-10-21-9-7-18-16-11-13(12-17)14-5-3-4-6-15(14)19-16/h3-6,11H,7-10H2,1-2H3,(H,18,19). The summed E-state index contributed by atoms with van der Waals surface area (Å²) in [6.45, 7) is 2.91. The number of nitrogens with zero attached hydrogens (tertiary/aromatic N) is 3. The molecule has 5 heteroatoms. The molecular weight excluding hydrogens is 264 g/mol. The normalized spacial score (nSPS) is 10.8. The summed E-state index contributed by atoms with van der Waals surface area (Å²) in [5.41, 5.74) is 1.46. The average molecular weight is 284 g/mol. The number of nitriles is 1. The average Bonchev–Trinajstić information content (AvgIpc) is 2.49. The molecule has 1 aromatic heterocycles. The number of pyridine rings is 1. The third-order valence-corrected chi connectivity index (χ3v) is 3.07. The van der Waals surface area contributed by atoms with Crippen LogP contribution in [0.1, 0.15) is 5.56 Å². The number of rotatable bonds is 7. The fourth-order valence-corrected chi connectivity index (χ4v) is 1.96. The van der Waals surface area contributed by atoms with Crippen molar-refractivity contribution in [2.75, 3.05) is 45.7 Å². The zero-order chi connectivity index (χ0) is 15.1. The highest BCUT2D eigenvalue weighted by atomic mass is 16.5. The Morgan fingerprint density at radius 2 is 2.10 bits per heavy atom. The molecule has 0 bridgehead atoms. The van der Waals surface area contributed by atoms with Crippen molar-refractivity contribution in [3.05, 3.63) is 35.9 Å². The van der Waals surface area contributed by atoms with Gasteiger partial charge in [-0.25, -0.2) is 4.98 Å². The van der Waals surface area contributed by atoms with Crippen molar-refractivity contribution in [3.8, 4) is 6.07 Å². The van der Waals surface area contributed by atoms with Gasteiger partial charge in [0.1, 0.15) is 5.82 Å². The van der Waals surface area contributed by atoms with E-state index in [0.29, 0.717) is 31.1 Å². The van der Waals surface area contributed by atoms with Crippen molar-refractivity contribution in [2.24, 2.45) is 0 Å². The van der Waals surface area contributed by atoms with Crippen LogP contribution in [-0.2, 0) is 4.74 Å². The lowest BCUT2D eigenvalue weighted by Crippen LogP contribution is -2.20. The van der Waals surface area contributed by atoms with Crippen LogP contribution in [0, 0.1) is 11.3 Å². The Hall–Kier alpha value is -2.16. The number of ether oxygens (including phenoxy) is 1. The molecule has 110 valence electrons. The van der Waals surface area contributed by atoms with E-state index in [0.717, 1.165) is 17.4 Å². The summed E-state index contributed by atoms with van der Waals surface area (Å²) in [4.78, 5) is 6.58. The van der Waals surface area contributed by atoms with Crippen molar-refractivity contribution in [3.63, 3.8) is 0 Å². The maximum Gasteiger partial charge on any atom is 0.128 e. The maximum absolute atomic E-state index is 9.22. The Bertz CT molecular complexity index is 634. The first-order valence-electron chi connectivity index (χ1n) is 6.97. The largest absolute Gasteiger partial charge is 0.378 e. The quantitative estimate of drug-likeness (QED) is 0.789. The molecule has 0 saturated carbocycles. The fraction of sp³-hybridized carbons (Fsp3) is 0.375. The van der Waals surface area contributed by atoms with E-state index in [1.807, 2.05) is 38.4 Å². The molecule has 0 aliphatic carbocycles. The first-order chi connectivity index (χ1) is 10.2. The predicted octanol–water partition coefficient (Wildman–Crippen LogP) is 2.10. The van der Waals surface area contributed by atoms with Gasteiger partial charge in [-0.1, -0.05) is 18.2 Å². The van der Waals surface area contributed by atoms with Crippen LogP contribution in [0.5, 0.6) is 0 Å². The van der Waals surface area contributed by atoms with Crippen molar-refractivity contribution in [2.45, 2.75) is 0 Å². The molecule has 0 spiro atoms. The summed E-state index contributed by atoms with van der Waals surface area (Å²) in [6, 6.07) is 11.7. The van der Waals surface area contributed by atoms with Crippen LogP contribution in [0.3, 0.4) is 0 Å². The van der Waals surface area contributed by atoms with Crippen LogP contribution >= 0.6 is 0 Å². The molecule has 5 nitrogen and oxygen atoms in total. The first kappa shape index (κ1) is 15.2. The van der Waals surface area contributed by atoms with Gasteiger partial charge in [0.25, 0.3) is 0 Å². The molecule has 0 aliphatic rings. The fourth-order valence-electron chi connectivity index (χ4n) is 1.96. The van der Waals surface area contributed by atoms with E-state index in [-0.39, 0.29) is 0 Å². The van der Waals surface area contributed by atoms with E-state index in [9.17, 15) is 5.26 Å². The van der Waals surface area contributed by atoms with E-state index < -0.39 is 0 Å². The summed E-state index contributed by atoms with van der Waals surface area (Å²) < 4.78 is 5.51. The molecule has 0 amide bonds. The van der Waals surface area contributed by atoms with Gasteiger partial charge in [0, 0.05) is 18.5 Å². The minimum atomic E-state index is 0.615. The van der Waals surface area contributed by atoms with E-state index in [1.165, 1.54) is 0 Å². The Kier molecular flexibility index (Phi) is 5.50. The second-order valence-electron chi connectivity index (χ2n) is 5.03. The summed E-state index contributed by atoms with van der Waals surface area (Å²) in [6.07, 6.45) is 0. The Balaban J connectivity index is 1.92. The molecule has 2 rings (SSSR count). The minimum absolute atomic E-state index is 0.615. The maximum atomic E-state index is 9.22. The zero-order valence-electron chi connectivity index (χ0n) is 12.5. The van der Waals surface area contributed by atoms with Crippen molar-refractivity contribution < 1.29 is 4.74 Å². The lowest BCUT2D eigenvalue weighted by atomic mass is 10.1. The van der Waals surface area contributed by atoms with Crippen LogP contribution in [0.25, 0.3) is 10.9 Å². The number of hydrogen-bond donors (Lipinski definition) is 1. The van der Waals surface area contributed by atoms with Crippen LogP contribution in [0.15, 0.2) is 30.3 Å². The summed E-state index contributed by atoms with van der Waals surface area (Å²) in [5.74, 6) is 0.710. The van der Waals surface area contributed by atoms with E-state index in [4.69, 9.17) is 4.74 Å².